The second-order valence-corrected chi connectivity index (χ2v) is 2.75. The van der Waals surface area contributed by atoms with E-state index in [0.29, 0.717) is 0 Å². The number of rotatable bonds is 1. The first-order valence-electron chi connectivity index (χ1n) is 3.96. The van der Waals surface area contributed by atoms with Gasteiger partial charge in [-0.25, -0.2) is 0 Å². The molecule has 0 amide bonds. The predicted molar refractivity (Wildman–Crippen MR) is 48.7 cm³/mol. The summed E-state index contributed by atoms with van der Waals surface area (Å²) in [5, 5.41) is 10.9. The molecule has 0 spiro atoms. The summed E-state index contributed by atoms with van der Waals surface area (Å²) in [6, 6.07) is 5.26. The van der Waals surface area contributed by atoms with Crippen LogP contribution in [-0.2, 0) is 4.84 Å². The van der Waals surface area contributed by atoms with Crippen LogP contribution in [0.4, 0.5) is 5.69 Å². The van der Waals surface area contributed by atoms with Crippen LogP contribution in [0.3, 0.4) is 0 Å². The lowest BCUT2D eigenvalue weighted by molar-refractivity contribution is 0.221. The summed E-state index contributed by atoms with van der Waals surface area (Å²) in [5.41, 5.74) is 4.43. The van der Waals surface area contributed by atoms with Crippen LogP contribution in [0.2, 0.25) is 0 Å². The number of benzene rings is 1. The largest absolute Gasteiger partial charge is 0.508 e. The number of phenols is 1. The van der Waals surface area contributed by atoms with Crippen molar-refractivity contribution in [1.82, 2.24) is 5.43 Å². The fourth-order valence-corrected chi connectivity index (χ4v) is 1.18. The highest BCUT2D eigenvalue weighted by Crippen LogP contribution is 2.27. The number of hydrazine groups is 1. The Bertz CT molecular complexity index is 341. The zero-order chi connectivity index (χ0) is 9.26. The van der Waals surface area contributed by atoms with Gasteiger partial charge in [0.25, 0.3) is 0 Å². The van der Waals surface area contributed by atoms with Crippen molar-refractivity contribution in [2.75, 3.05) is 5.17 Å². The molecule has 0 fully saturated rings. The molecule has 0 bridgehead atoms. The van der Waals surface area contributed by atoms with E-state index in [9.17, 15) is 5.11 Å². The molecule has 1 aliphatic rings. The Morgan fingerprint density at radius 2 is 2.31 bits per heavy atom. The first-order valence-corrected chi connectivity index (χ1v) is 3.96. The van der Waals surface area contributed by atoms with Crippen molar-refractivity contribution in [2.24, 2.45) is 0 Å². The molecule has 2 N–H and O–H groups in total. The molecule has 0 radical (unpaired) electrons. The van der Waals surface area contributed by atoms with Crippen molar-refractivity contribution in [1.29, 1.82) is 0 Å². The zero-order valence-electron chi connectivity index (χ0n) is 7.19. The molecular formula is C9H10N2O2. The average molecular weight is 178 g/mol. The van der Waals surface area contributed by atoms with Crippen LogP contribution in [0.15, 0.2) is 30.7 Å². The van der Waals surface area contributed by atoms with Gasteiger partial charge in [0.05, 0.1) is 6.20 Å². The summed E-state index contributed by atoms with van der Waals surface area (Å²) < 4.78 is 0. The van der Waals surface area contributed by atoms with E-state index in [0.717, 1.165) is 11.3 Å². The summed E-state index contributed by atoms with van der Waals surface area (Å²) in [6.07, 6.45) is 3.20. The van der Waals surface area contributed by atoms with E-state index < -0.39 is 0 Å². The second kappa shape index (κ2) is 2.90. The molecule has 1 heterocycles. The maximum Gasteiger partial charge on any atom is 0.139 e. The normalized spacial score (nSPS) is 14.1. The fourth-order valence-electron chi connectivity index (χ4n) is 1.18. The molecule has 2 rings (SSSR count). The number of hydrogen-bond acceptors (Lipinski definition) is 4. The molecule has 4 nitrogen and oxygen atoms in total. The van der Waals surface area contributed by atoms with E-state index in [1.54, 1.807) is 18.3 Å². The first-order chi connectivity index (χ1) is 6.29. The third-order valence-corrected chi connectivity index (χ3v) is 1.92. The van der Waals surface area contributed by atoms with E-state index in [4.69, 9.17) is 4.84 Å². The summed E-state index contributed by atoms with van der Waals surface area (Å²) in [5.74, 6) is 0.259. The van der Waals surface area contributed by atoms with Gasteiger partial charge in [0.2, 0.25) is 0 Å². The molecule has 0 aromatic heterocycles. The van der Waals surface area contributed by atoms with Gasteiger partial charge in [-0.05, 0) is 19.1 Å². The van der Waals surface area contributed by atoms with E-state index in [2.05, 4.69) is 5.43 Å². The molecule has 0 saturated heterocycles. The van der Waals surface area contributed by atoms with E-state index >= 15 is 0 Å². The van der Waals surface area contributed by atoms with Crippen LogP contribution in [0.5, 0.6) is 5.75 Å². The zero-order valence-corrected chi connectivity index (χ0v) is 7.19. The summed E-state index contributed by atoms with van der Waals surface area (Å²) in [7, 11) is 0. The Kier molecular flexibility index (Phi) is 1.73. The van der Waals surface area contributed by atoms with E-state index in [1.807, 2.05) is 13.0 Å². The third-order valence-electron chi connectivity index (χ3n) is 1.92. The number of anilines is 1. The minimum atomic E-state index is 0.259. The highest BCUT2D eigenvalue weighted by molar-refractivity contribution is 5.56. The number of aromatic hydroxyl groups is 1. The highest BCUT2D eigenvalue weighted by atomic mass is 16.7. The Balaban J connectivity index is 2.34. The molecule has 1 aromatic rings. The summed E-state index contributed by atoms with van der Waals surface area (Å²) in [4.78, 5) is 5.11. The lowest BCUT2D eigenvalue weighted by Gasteiger charge is -2.18. The van der Waals surface area contributed by atoms with Crippen LogP contribution in [0, 0.1) is 6.92 Å². The average Bonchev–Trinajstić information content (AvgIpc) is 2.62. The van der Waals surface area contributed by atoms with E-state index in [-0.39, 0.29) is 5.75 Å². The van der Waals surface area contributed by atoms with Crippen molar-refractivity contribution >= 4 is 5.69 Å². The Morgan fingerprint density at radius 1 is 1.46 bits per heavy atom. The van der Waals surface area contributed by atoms with Crippen LogP contribution in [0.1, 0.15) is 5.56 Å². The minimum Gasteiger partial charge on any atom is -0.508 e. The lowest BCUT2D eigenvalue weighted by atomic mass is 10.2. The van der Waals surface area contributed by atoms with Gasteiger partial charge in [-0.15, -0.1) is 5.17 Å². The molecule has 0 atom stereocenters. The molecule has 4 heteroatoms. The molecule has 1 aliphatic heterocycles. The first kappa shape index (κ1) is 7.79. The van der Waals surface area contributed by atoms with Crippen molar-refractivity contribution in [3.8, 4) is 5.75 Å². The standard InChI is InChI=1S/C9H10N2O2/c1-7-8(3-2-4-9(7)12)11-10-5-6-13-11/h2-6,10,12H,1H3. The van der Waals surface area contributed by atoms with Gasteiger partial charge in [-0.3, -0.25) is 5.43 Å². The van der Waals surface area contributed by atoms with Crippen LogP contribution in [0.25, 0.3) is 0 Å². The van der Waals surface area contributed by atoms with Crippen molar-refractivity contribution in [2.45, 2.75) is 6.92 Å². The van der Waals surface area contributed by atoms with Gasteiger partial charge in [0.1, 0.15) is 17.7 Å². The van der Waals surface area contributed by atoms with Gasteiger partial charge in [-0.1, -0.05) is 6.07 Å². The lowest BCUT2D eigenvalue weighted by Crippen LogP contribution is -2.28. The molecule has 13 heavy (non-hydrogen) atoms. The molecule has 68 valence electrons. The maximum atomic E-state index is 9.43. The van der Waals surface area contributed by atoms with Gasteiger partial charge in [-0.2, -0.15) is 0 Å². The van der Waals surface area contributed by atoms with Gasteiger partial charge < -0.3 is 9.94 Å². The van der Waals surface area contributed by atoms with Gasteiger partial charge >= 0.3 is 0 Å². The minimum absolute atomic E-state index is 0.259. The fraction of sp³-hybridized carbons (Fsp3) is 0.111. The topological polar surface area (TPSA) is 44.7 Å². The van der Waals surface area contributed by atoms with Gasteiger partial charge in [0.15, 0.2) is 0 Å². The van der Waals surface area contributed by atoms with Crippen molar-refractivity contribution < 1.29 is 9.94 Å². The Morgan fingerprint density at radius 3 is 3.00 bits per heavy atom. The van der Waals surface area contributed by atoms with Crippen LogP contribution < -0.4 is 10.6 Å². The molecule has 0 aliphatic carbocycles. The summed E-state index contributed by atoms with van der Waals surface area (Å²) in [6.45, 7) is 1.83. The maximum absolute atomic E-state index is 9.43. The van der Waals surface area contributed by atoms with Crippen molar-refractivity contribution in [3.05, 3.63) is 36.2 Å². The molecular weight excluding hydrogens is 168 g/mol. The van der Waals surface area contributed by atoms with Crippen LogP contribution >= 0.6 is 0 Å². The number of nitrogens with one attached hydrogen (secondary N) is 1. The van der Waals surface area contributed by atoms with Gasteiger partial charge in [0, 0.05) is 5.56 Å². The van der Waals surface area contributed by atoms with E-state index in [1.165, 1.54) is 11.4 Å². The number of phenolic OH excluding ortho intramolecular Hbond substituents is 1. The third kappa shape index (κ3) is 1.26. The SMILES string of the molecule is Cc1c(O)cccc1N1NC=CO1. The second-order valence-electron chi connectivity index (χ2n) is 2.75. The smallest absolute Gasteiger partial charge is 0.139 e. The quantitative estimate of drug-likeness (QED) is 0.682. The Labute approximate surface area is 76.0 Å². The molecule has 0 saturated carbocycles. The highest BCUT2D eigenvalue weighted by Gasteiger charge is 2.12. The number of nitrogens with zero attached hydrogens (tertiary/aromatic N) is 1. The number of hydrogen-bond donors (Lipinski definition) is 2. The molecule has 1 aromatic carbocycles. The molecule has 0 unspecified atom stereocenters. The summed E-state index contributed by atoms with van der Waals surface area (Å²) >= 11 is 0. The van der Waals surface area contributed by atoms with Crippen LogP contribution in [-0.4, -0.2) is 5.11 Å². The van der Waals surface area contributed by atoms with Crippen molar-refractivity contribution in [3.63, 3.8) is 0 Å². The monoisotopic (exact) mass is 178 g/mol. The predicted octanol–water partition coefficient (Wildman–Crippen LogP) is 1.43. The Hall–Kier alpha value is -1.84.